The fraction of sp³-hybridized carbons (Fsp3) is 0.143. The molecule has 0 saturated carbocycles. The van der Waals surface area contributed by atoms with Gasteiger partial charge < -0.3 is 15.5 Å². The Labute approximate surface area is 113 Å². The van der Waals surface area contributed by atoms with Gasteiger partial charge in [0.15, 0.2) is 17.5 Å². The van der Waals surface area contributed by atoms with Gasteiger partial charge in [-0.15, -0.1) is 0 Å². The van der Waals surface area contributed by atoms with Crippen molar-refractivity contribution >= 4 is 5.69 Å². The number of aromatic hydroxyl groups is 2. The molecule has 0 aliphatic heterocycles. The molecule has 106 valence electrons. The van der Waals surface area contributed by atoms with Crippen molar-refractivity contribution < 1.29 is 23.4 Å². The van der Waals surface area contributed by atoms with Gasteiger partial charge in [0.1, 0.15) is 11.5 Å². The maximum absolute atomic E-state index is 13.1. The molecule has 20 heavy (non-hydrogen) atoms. The van der Waals surface area contributed by atoms with Gasteiger partial charge >= 0.3 is 0 Å². The maximum atomic E-state index is 13.1. The van der Waals surface area contributed by atoms with Gasteiger partial charge in [-0.05, 0) is 24.6 Å². The van der Waals surface area contributed by atoms with Gasteiger partial charge in [0.05, 0.1) is 0 Å². The summed E-state index contributed by atoms with van der Waals surface area (Å²) in [5.41, 5.74) is 0.560. The molecule has 2 rings (SSSR count). The van der Waals surface area contributed by atoms with Crippen LogP contribution >= 0.6 is 0 Å². The van der Waals surface area contributed by atoms with E-state index in [0.717, 1.165) is 18.2 Å². The van der Waals surface area contributed by atoms with Crippen LogP contribution in [-0.2, 0) is 0 Å². The van der Waals surface area contributed by atoms with E-state index in [1.165, 1.54) is 12.1 Å². The van der Waals surface area contributed by atoms with Gasteiger partial charge in [-0.3, -0.25) is 0 Å². The molecule has 3 nitrogen and oxygen atoms in total. The zero-order valence-electron chi connectivity index (χ0n) is 10.5. The number of phenols is 2. The standard InChI is InChI=1S/C14H12F3NO2/c1-7(8-2-10(19)6-11(20)3-8)18-9-4-12(15)14(17)13(16)5-9/h2-7,18-20H,1H3. The normalized spacial score (nSPS) is 12.2. The highest BCUT2D eigenvalue weighted by molar-refractivity contribution is 5.48. The van der Waals surface area contributed by atoms with Crippen LogP contribution in [0.25, 0.3) is 0 Å². The smallest absolute Gasteiger partial charge is 0.194 e. The molecule has 0 saturated heterocycles. The predicted octanol–water partition coefficient (Wildman–Crippen LogP) is 3.69. The Balaban J connectivity index is 2.25. The molecular weight excluding hydrogens is 271 g/mol. The molecule has 0 spiro atoms. The molecule has 0 fully saturated rings. The number of hydrogen-bond donors (Lipinski definition) is 3. The number of benzene rings is 2. The van der Waals surface area contributed by atoms with Crippen LogP contribution in [0.15, 0.2) is 30.3 Å². The second-order valence-electron chi connectivity index (χ2n) is 4.40. The van der Waals surface area contributed by atoms with Crippen molar-refractivity contribution in [3.63, 3.8) is 0 Å². The third kappa shape index (κ3) is 2.96. The van der Waals surface area contributed by atoms with Crippen molar-refractivity contribution in [1.29, 1.82) is 0 Å². The minimum absolute atomic E-state index is 0.0525. The highest BCUT2D eigenvalue weighted by Crippen LogP contribution is 2.28. The Morgan fingerprint density at radius 3 is 1.90 bits per heavy atom. The number of halogens is 3. The van der Waals surface area contributed by atoms with E-state index in [0.29, 0.717) is 5.56 Å². The molecule has 1 atom stereocenters. The van der Waals surface area contributed by atoms with Gasteiger partial charge in [-0.2, -0.15) is 0 Å². The van der Waals surface area contributed by atoms with Gasteiger partial charge in [-0.1, -0.05) is 0 Å². The molecule has 0 radical (unpaired) electrons. The summed E-state index contributed by atoms with van der Waals surface area (Å²) < 4.78 is 39.0. The highest BCUT2D eigenvalue weighted by Gasteiger charge is 2.13. The predicted molar refractivity (Wildman–Crippen MR) is 68.1 cm³/mol. The van der Waals surface area contributed by atoms with Crippen LogP contribution in [0.1, 0.15) is 18.5 Å². The quantitative estimate of drug-likeness (QED) is 0.753. The summed E-state index contributed by atoms with van der Waals surface area (Å²) in [6.45, 7) is 1.66. The first kappa shape index (κ1) is 14.0. The first-order valence-electron chi connectivity index (χ1n) is 5.81. The van der Waals surface area contributed by atoms with Crippen molar-refractivity contribution in [3.8, 4) is 11.5 Å². The van der Waals surface area contributed by atoms with Crippen LogP contribution in [0, 0.1) is 17.5 Å². The largest absolute Gasteiger partial charge is 0.508 e. The van der Waals surface area contributed by atoms with Crippen molar-refractivity contribution in [2.24, 2.45) is 0 Å². The molecular formula is C14H12F3NO2. The Morgan fingerprint density at radius 2 is 1.40 bits per heavy atom. The number of anilines is 1. The Bertz CT molecular complexity index is 603. The lowest BCUT2D eigenvalue weighted by Crippen LogP contribution is -2.07. The van der Waals surface area contributed by atoms with Crippen LogP contribution in [0.2, 0.25) is 0 Å². The fourth-order valence-electron chi connectivity index (χ4n) is 1.84. The molecule has 0 bridgehead atoms. The summed E-state index contributed by atoms with van der Waals surface area (Å²) in [6.07, 6.45) is 0. The van der Waals surface area contributed by atoms with Crippen LogP contribution in [0.3, 0.4) is 0 Å². The summed E-state index contributed by atoms with van der Waals surface area (Å²) >= 11 is 0. The van der Waals surface area contributed by atoms with Crippen LogP contribution in [0.5, 0.6) is 11.5 Å². The van der Waals surface area contributed by atoms with Crippen molar-refractivity contribution in [1.82, 2.24) is 0 Å². The highest BCUT2D eigenvalue weighted by atomic mass is 19.2. The van der Waals surface area contributed by atoms with Crippen LogP contribution in [-0.4, -0.2) is 10.2 Å². The third-order valence-corrected chi connectivity index (χ3v) is 2.79. The number of rotatable bonds is 3. The Kier molecular flexibility index (Phi) is 3.74. The van der Waals surface area contributed by atoms with Gasteiger partial charge in [-0.25, -0.2) is 13.2 Å². The second-order valence-corrected chi connectivity index (χ2v) is 4.40. The molecule has 0 aliphatic carbocycles. The number of nitrogens with one attached hydrogen (secondary N) is 1. The topological polar surface area (TPSA) is 52.5 Å². The number of phenolic OH excluding ortho intramolecular Hbond substituents is 2. The summed E-state index contributed by atoms with van der Waals surface area (Å²) in [6, 6.07) is 5.15. The summed E-state index contributed by atoms with van der Waals surface area (Å²) in [7, 11) is 0. The zero-order valence-corrected chi connectivity index (χ0v) is 10.5. The van der Waals surface area contributed by atoms with Crippen LogP contribution < -0.4 is 5.32 Å². The van der Waals surface area contributed by atoms with E-state index >= 15 is 0 Å². The molecule has 1 unspecified atom stereocenters. The molecule has 2 aromatic carbocycles. The minimum atomic E-state index is -1.53. The minimum Gasteiger partial charge on any atom is -0.508 e. The molecule has 0 heterocycles. The van der Waals surface area contributed by atoms with Gasteiger partial charge in [0, 0.05) is 29.9 Å². The average molecular weight is 283 g/mol. The third-order valence-electron chi connectivity index (χ3n) is 2.79. The Morgan fingerprint density at radius 1 is 0.900 bits per heavy atom. The molecule has 6 heteroatoms. The van der Waals surface area contributed by atoms with Gasteiger partial charge in [0.25, 0.3) is 0 Å². The zero-order chi connectivity index (χ0) is 14.9. The van der Waals surface area contributed by atoms with E-state index in [9.17, 15) is 23.4 Å². The van der Waals surface area contributed by atoms with Crippen molar-refractivity contribution in [2.75, 3.05) is 5.32 Å². The monoisotopic (exact) mass is 283 g/mol. The lowest BCUT2D eigenvalue weighted by molar-refractivity contribution is 0.447. The van der Waals surface area contributed by atoms with Crippen molar-refractivity contribution in [3.05, 3.63) is 53.3 Å². The molecule has 0 aliphatic rings. The Hall–Kier alpha value is -2.37. The fourth-order valence-corrected chi connectivity index (χ4v) is 1.84. The van der Waals surface area contributed by atoms with E-state index in [1.54, 1.807) is 6.92 Å². The van der Waals surface area contributed by atoms with Gasteiger partial charge in [0.2, 0.25) is 0 Å². The summed E-state index contributed by atoms with van der Waals surface area (Å²) in [5.74, 6) is -4.38. The first-order valence-corrected chi connectivity index (χ1v) is 5.81. The SMILES string of the molecule is CC(Nc1cc(F)c(F)c(F)c1)c1cc(O)cc(O)c1. The second kappa shape index (κ2) is 5.32. The van der Waals surface area contributed by atoms with E-state index in [4.69, 9.17) is 0 Å². The lowest BCUT2D eigenvalue weighted by atomic mass is 10.1. The lowest BCUT2D eigenvalue weighted by Gasteiger charge is -2.16. The van der Waals surface area contributed by atoms with E-state index < -0.39 is 23.5 Å². The van der Waals surface area contributed by atoms with E-state index in [1.807, 2.05) is 0 Å². The summed E-state index contributed by atoms with van der Waals surface area (Å²) in [4.78, 5) is 0. The average Bonchev–Trinajstić information content (AvgIpc) is 2.34. The summed E-state index contributed by atoms with van der Waals surface area (Å²) in [5, 5.41) is 21.5. The molecule has 0 aromatic heterocycles. The molecule has 2 aromatic rings. The molecule has 0 amide bonds. The first-order chi connectivity index (χ1) is 9.36. The maximum Gasteiger partial charge on any atom is 0.194 e. The number of hydrogen-bond acceptors (Lipinski definition) is 3. The molecule has 3 N–H and O–H groups in total. The van der Waals surface area contributed by atoms with Crippen molar-refractivity contribution in [2.45, 2.75) is 13.0 Å². The van der Waals surface area contributed by atoms with Crippen LogP contribution in [0.4, 0.5) is 18.9 Å². The van der Waals surface area contributed by atoms with E-state index in [2.05, 4.69) is 5.32 Å². The van der Waals surface area contributed by atoms with E-state index in [-0.39, 0.29) is 17.2 Å².